The molecule has 0 fully saturated rings. The highest BCUT2D eigenvalue weighted by molar-refractivity contribution is 7.89. The zero-order valence-electron chi connectivity index (χ0n) is 8.24. The maximum absolute atomic E-state index is 11.5. The van der Waals surface area contributed by atoms with E-state index in [1.54, 1.807) is 19.1 Å². The zero-order valence-corrected chi connectivity index (χ0v) is 9.06. The van der Waals surface area contributed by atoms with Gasteiger partial charge in [0.15, 0.2) is 0 Å². The fourth-order valence-corrected chi connectivity index (χ4v) is 2.19. The molecule has 3 N–H and O–H groups in total. The Morgan fingerprint density at radius 3 is 2.57 bits per heavy atom. The van der Waals surface area contributed by atoms with Crippen LogP contribution >= 0.6 is 0 Å². The second kappa shape index (κ2) is 4.08. The Morgan fingerprint density at radius 2 is 2.07 bits per heavy atom. The Bertz CT molecular complexity index is 426. The minimum absolute atomic E-state index is 0.294. The average molecular weight is 214 g/mol. The van der Waals surface area contributed by atoms with Crippen molar-refractivity contribution in [3.63, 3.8) is 0 Å². The highest BCUT2D eigenvalue weighted by Crippen LogP contribution is 2.16. The van der Waals surface area contributed by atoms with Crippen LogP contribution in [0.3, 0.4) is 0 Å². The van der Waals surface area contributed by atoms with Crippen molar-refractivity contribution in [2.45, 2.75) is 18.4 Å². The van der Waals surface area contributed by atoms with Crippen LogP contribution in [0.2, 0.25) is 0 Å². The molecule has 0 aliphatic heterocycles. The molecule has 1 aromatic rings. The number of hydrogen-bond donors (Lipinski definition) is 2. The van der Waals surface area contributed by atoms with Gasteiger partial charge in [-0.05, 0) is 31.2 Å². The summed E-state index contributed by atoms with van der Waals surface area (Å²) in [6.45, 7) is 2.09. The molecule has 0 heterocycles. The number of nitrogens with one attached hydrogen (secondary N) is 1. The lowest BCUT2D eigenvalue weighted by Crippen LogP contribution is -2.20. The summed E-state index contributed by atoms with van der Waals surface area (Å²) in [5, 5.41) is 0. The molecule has 0 aliphatic rings. The molecule has 0 unspecified atom stereocenters. The molecule has 0 amide bonds. The van der Waals surface area contributed by atoms with Crippen molar-refractivity contribution in [3.8, 4) is 0 Å². The van der Waals surface area contributed by atoms with Gasteiger partial charge in [0.2, 0.25) is 10.0 Å². The molecular weight excluding hydrogens is 200 g/mol. The number of aryl methyl sites for hydroxylation is 1. The third kappa shape index (κ3) is 2.12. The first kappa shape index (κ1) is 11.2. The van der Waals surface area contributed by atoms with E-state index >= 15 is 0 Å². The summed E-state index contributed by atoms with van der Waals surface area (Å²) in [6, 6.07) is 5.18. The quantitative estimate of drug-likeness (QED) is 0.763. The fourth-order valence-electron chi connectivity index (χ4n) is 1.17. The van der Waals surface area contributed by atoms with Gasteiger partial charge < -0.3 is 5.73 Å². The molecule has 0 bridgehead atoms. The Kier molecular flexibility index (Phi) is 3.25. The van der Waals surface area contributed by atoms with Gasteiger partial charge in [-0.25, -0.2) is 13.1 Å². The van der Waals surface area contributed by atoms with Gasteiger partial charge in [0.1, 0.15) is 0 Å². The number of benzene rings is 1. The van der Waals surface area contributed by atoms with Crippen LogP contribution in [0.4, 0.5) is 0 Å². The van der Waals surface area contributed by atoms with Crippen LogP contribution in [-0.2, 0) is 16.6 Å². The van der Waals surface area contributed by atoms with Crippen LogP contribution in [0.1, 0.15) is 11.1 Å². The molecule has 0 radical (unpaired) electrons. The smallest absolute Gasteiger partial charge is 0.240 e. The molecule has 4 nitrogen and oxygen atoms in total. The molecule has 1 aromatic carbocycles. The van der Waals surface area contributed by atoms with Gasteiger partial charge in [0.25, 0.3) is 0 Å². The summed E-state index contributed by atoms with van der Waals surface area (Å²) in [4.78, 5) is 0.294. The molecule has 0 saturated carbocycles. The number of rotatable bonds is 3. The molecule has 0 aliphatic carbocycles. The first-order valence-corrected chi connectivity index (χ1v) is 5.72. The summed E-state index contributed by atoms with van der Waals surface area (Å²) in [5.41, 5.74) is 6.97. The minimum Gasteiger partial charge on any atom is -0.326 e. The number of sulfonamides is 1. The normalized spacial score (nSPS) is 11.6. The minimum atomic E-state index is -3.37. The second-order valence-corrected chi connectivity index (χ2v) is 4.87. The molecule has 1 rings (SSSR count). The number of nitrogens with two attached hydrogens (primary N) is 1. The Balaban J connectivity index is 3.33. The van der Waals surface area contributed by atoms with Gasteiger partial charge in [-0.3, -0.25) is 0 Å². The summed E-state index contributed by atoms with van der Waals surface area (Å²) in [7, 11) is -1.97. The standard InChI is InChI=1S/C9H14N2O2S/c1-7-3-4-8(6-10)5-9(7)14(12,13)11-2/h3-5,11H,6,10H2,1-2H3. The number of hydrogen-bond acceptors (Lipinski definition) is 3. The van der Waals surface area contributed by atoms with Crippen LogP contribution in [0.25, 0.3) is 0 Å². The van der Waals surface area contributed by atoms with E-state index in [1.807, 2.05) is 6.07 Å². The molecule has 14 heavy (non-hydrogen) atoms. The Morgan fingerprint density at radius 1 is 1.43 bits per heavy atom. The topological polar surface area (TPSA) is 72.2 Å². The monoisotopic (exact) mass is 214 g/mol. The highest BCUT2D eigenvalue weighted by atomic mass is 32.2. The van der Waals surface area contributed by atoms with Crippen molar-refractivity contribution in [3.05, 3.63) is 29.3 Å². The molecular formula is C9H14N2O2S. The maximum Gasteiger partial charge on any atom is 0.240 e. The van der Waals surface area contributed by atoms with E-state index in [0.29, 0.717) is 11.4 Å². The van der Waals surface area contributed by atoms with Crippen molar-refractivity contribution < 1.29 is 8.42 Å². The Hall–Kier alpha value is -0.910. The van der Waals surface area contributed by atoms with E-state index in [9.17, 15) is 8.42 Å². The van der Waals surface area contributed by atoms with Crippen molar-refractivity contribution in [1.82, 2.24) is 4.72 Å². The largest absolute Gasteiger partial charge is 0.326 e. The first-order chi connectivity index (χ1) is 6.51. The SMILES string of the molecule is CNS(=O)(=O)c1cc(CN)ccc1C. The molecule has 0 spiro atoms. The van der Waals surface area contributed by atoms with Crippen LogP contribution in [0.5, 0.6) is 0 Å². The van der Waals surface area contributed by atoms with Gasteiger partial charge in [-0.1, -0.05) is 12.1 Å². The van der Waals surface area contributed by atoms with E-state index in [1.165, 1.54) is 7.05 Å². The summed E-state index contributed by atoms with van der Waals surface area (Å²) in [5.74, 6) is 0. The zero-order chi connectivity index (χ0) is 10.8. The van der Waals surface area contributed by atoms with Crippen LogP contribution in [-0.4, -0.2) is 15.5 Å². The Labute approximate surface area is 84.2 Å². The van der Waals surface area contributed by atoms with Crippen LogP contribution in [0.15, 0.2) is 23.1 Å². The van der Waals surface area contributed by atoms with Crippen molar-refractivity contribution in [2.75, 3.05) is 7.05 Å². The molecule has 0 saturated heterocycles. The first-order valence-electron chi connectivity index (χ1n) is 4.24. The molecule has 0 aromatic heterocycles. The van der Waals surface area contributed by atoms with Crippen molar-refractivity contribution >= 4 is 10.0 Å². The lowest BCUT2D eigenvalue weighted by molar-refractivity contribution is 0.587. The third-order valence-electron chi connectivity index (χ3n) is 2.05. The predicted octanol–water partition coefficient (Wildman–Crippen LogP) is 0.362. The van der Waals surface area contributed by atoms with E-state index in [2.05, 4.69) is 4.72 Å². The van der Waals surface area contributed by atoms with Gasteiger partial charge in [0.05, 0.1) is 4.90 Å². The summed E-state index contributed by atoms with van der Waals surface area (Å²) >= 11 is 0. The van der Waals surface area contributed by atoms with Crippen LogP contribution < -0.4 is 10.5 Å². The third-order valence-corrected chi connectivity index (χ3v) is 3.60. The second-order valence-electron chi connectivity index (χ2n) is 3.01. The van der Waals surface area contributed by atoms with Gasteiger partial charge in [0, 0.05) is 6.54 Å². The van der Waals surface area contributed by atoms with Crippen molar-refractivity contribution in [1.29, 1.82) is 0 Å². The fraction of sp³-hybridized carbons (Fsp3) is 0.333. The molecule has 5 heteroatoms. The van der Waals surface area contributed by atoms with E-state index in [4.69, 9.17) is 5.73 Å². The lowest BCUT2D eigenvalue weighted by atomic mass is 10.1. The van der Waals surface area contributed by atoms with Crippen molar-refractivity contribution in [2.24, 2.45) is 5.73 Å². The molecule has 0 atom stereocenters. The maximum atomic E-state index is 11.5. The molecule has 78 valence electrons. The summed E-state index contributed by atoms with van der Waals surface area (Å²) in [6.07, 6.45) is 0. The van der Waals surface area contributed by atoms with Gasteiger partial charge >= 0.3 is 0 Å². The highest BCUT2D eigenvalue weighted by Gasteiger charge is 2.14. The average Bonchev–Trinajstić information content (AvgIpc) is 2.18. The van der Waals surface area contributed by atoms with Gasteiger partial charge in [-0.15, -0.1) is 0 Å². The lowest BCUT2D eigenvalue weighted by Gasteiger charge is -2.07. The predicted molar refractivity (Wildman–Crippen MR) is 55.3 cm³/mol. The van der Waals surface area contributed by atoms with Crippen LogP contribution in [0, 0.1) is 6.92 Å². The van der Waals surface area contributed by atoms with Gasteiger partial charge in [-0.2, -0.15) is 0 Å². The summed E-state index contributed by atoms with van der Waals surface area (Å²) < 4.78 is 25.4. The van der Waals surface area contributed by atoms with E-state index < -0.39 is 10.0 Å². The van der Waals surface area contributed by atoms with E-state index in [-0.39, 0.29) is 0 Å². The van der Waals surface area contributed by atoms with E-state index in [0.717, 1.165) is 11.1 Å².